The van der Waals surface area contributed by atoms with Crippen LogP contribution in [0.15, 0.2) is 54.6 Å². The van der Waals surface area contributed by atoms with Gasteiger partial charge in [-0.25, -0.2) is 0 Å². The SMILES string of the molecule is NCCNC(=O)c1ccc(CSC(=O)CCC(=O)OCc2ccccc2)cc1. The van der Waals surface area contributed by atoms with Crippen LogP contribution in [0.25, 0.3) is 0 Å². The number of thioether (sulfide) groups is 1. The molecular weight excluding hydrogens is 376 g/mol. The average Bonchev–Trinajstić information content (AvgIpc) is 2.74. The molecule has 0 aliphatic heterocycles. The van der Waals surface area contributed by atoms with Gasteiger partial charge in [-0.05, 0) is 23.3 Å². The van der Waals surface area contributed by atoms with Crippen molar-refractivity contribution in [1.82, 2.24) is 5.32 Å². The molecule has 7 heteroatoms. The van der Waals surface area contributed by atoms with Gasteiger partial charge in [-0.1, -0.05) is 54.2 Å². The molecule has 0 aromatic heterocycles. The Morgan fingerprint density at radius 1 is 0.929 bits per heavy atom. The predicted octanol–water partition coefficient (Wildman–Crippen LogP) is 2.66. The summed E-state index contributed by atoms with van der Waals surface area (Å²) in [7, 11) is 0. The normalized spacial score (nSPS) is 10.3. The smallest absolute Gasteiger partial charge is 0.306 e. The van der Waals surface area contributed by atoms with E-state index < -0.39 is 0 Å². The number of nitrogens with one attached hydrogen (secondary N) is 1. The highest BCUT2D eigenvalue weighted by atomic mass is 32.2. The Labute approximate surface area is 168 Å². The van der Waals surface area contributed by atoms with Gasteiger partial charge in [0.2, 0.25) is 0 Å². The van der Waals surface area contributed by atoms with E-state index in [0.717, 1.165) is 22.9 Å². The Kier molecular flexibility index (Phi) is 9.24. The van der Waals surface area contributed by atoms with Crippen LogP contribution in [0.4, 0.5) is 0 Å². The van der Waals surface area contributed by atoms with Crippen molar-refractivity contribution in [2.75, 3.05) is 13.1 Å². The highest BCUT2D eigenvalue weighted by Crippen LogP contribution is 2.16. The van der Waals surface area contributed by atoms with Crippen LogP contribution in [0.2, 0.25) is 0 Å². The lowest BCUT2D eigenvalue weighted by Crippen LogP contribution is -2.28. The summed E-state index contributed by atoms with van der Waals surface area (Å²) in [6.45, 7) is 1.04. The molecule has 0 fully saturated rings. The molecule has 2 rings (SSSR count). The van der Waals surface area contributed by atoms with Gasteiger partial charge >= 0.3 is 5.97 Å². The van der Waals surface area contributed by atoms with E-state index in [1.165, 1.54) is 0 Å². The Hall–Kier alpha value is -2.64. The van der Waals surface area contributed by atoms with Crippen molar-refractivity contribution in [2.24, 2.45) is 5.73 Å². The minimum Gasteiger partial charge on any atom is -0.461 e. The van der Waals surface area contributed by atoms with E-state index in [-0.39, 0.29) is 36.4 Å². The van der Waals surface area contributed by atoms with Crippen molar-refractivity contribution in [3.05, 3.63) is 71.3 Å². The van der Waals surface area contributed by atoms with Gasteiger partial charge in [0.25, 0.3) is 5.91 Å². The van der Waals surface area contributed by atoms with Crippen molar-refractivity contribution >= 4 is 28.8 Å². The summed E-state index contributed by atoms with van der Waals surface area (Å²) in [5, 5.41) is 2.63. The first-order valence-electron chi connectivity index (χ1n) is 9.01. The number of carbonyl (C=O) groups is 3. The van der Waals surface area contributed by atoms with Crippen LogP contribution in [0, 0.1) is 0 Å². The highest BCUT2D eigenvalue weighted by Gasteiger charge is 2.10. The molecule has 1 amide bonds. The first-order valence-corrected chi connectivity index (χ1v) is 9.99. The van der Waals surface area contributed by atoms with Crippen LogP contribution in [0.1, 0.15) is 34.3 Å². The van der Waals surface area contributed by atoms with E-state index in [4.69, 9.17) is 10.5 Å². The minimum atomic E-state index is -0.384. The molecule has 0 saturated heterocycles. The second kappa shape index (κ2) is 11.9. The molecule has 3 N–H and O–H groups in total. The molecule has 0 radical (unpaired) electrons. The Bertz CT molecular complexity index is 779. The number of benzene rings is 2. The minimum absolute atomic E-state index is 0.0681. The largest absolute Gasteiger partial charge is 0.461 e. The number of hydrogen-bond donors (Lipinski definition) is 2. The van der Waals surface area contributed by atoms with Gasteiger partial charge in [-0.3, -0.25) is 14.4 Å². The lowest BCUT2D eigenvalue weighted by molar-refractivity contribution is -0.145. The maximum Gasteiger partial charge on any atom is 0.306 e. The molecule has 0 spiro atoms. The summed E-state index contributed by atoms with van der Waals surface area (Å²) in [5.74, 6) is -0.0665. The quantitative estimate of drug-likeness (QED) is 0.595. The summed E-state index contributed by atoms with van der Waals surface area (Å²) in [6.07, 6.45) is 0.205. The molecule has 6 nitrogen and oxygen atoms in total. The summed E-state index contributed by atoms with van der Waals surface area (Å²) in [5.41, 5.74) is 7.75. The van der Waals surface area contributed by atoms with Gasteiger partial charge in [-0.15, -0.1) is 0 Å². The summed E-state index contributed by atoms with van der Waals surface area (Å²) >= 11 is 1.15. The van der Waals surface area contributed by atoms with Crippen LogP contribution in [-0.4, -0.2) is 30.1 Å². The first kappa shape index (κ1) is 21.7. The molecule has 0 heterocycles. The zero-order valence-electron chi connectivity index (χ0n) is 15.6. The molecule has 0 aliphatic carbocycles. The van der Waals surface area contributed by atoms with Gasteiger partial charge in [0, 0.05) is 30.8 Å². The topological polar surface area (TPSA) is 98.5 Å². The summed E-state index contributed by atoms with van der Waals surface area (Å²) < 4.78 is 5.16. The van der Waals surface area contributed by atoms with E-state index in [0.29, 0.717) is 24.4 Å². The zero-order valence-corrected chi connectivity index (χ0v) is 16.4. The average molecular weight is 401 g/mol. The molecule has 0 aliphatic rings. The zero-order chi connectivity index (χ0) is 20.2. The number of amides is 1. The fourth-order valence-electron chi connectivity index (χ4n) is 2.29. The van der Waals surface area contributed by atoms with Crippen LogP contribution >= 0.6 is 11.8 Å². The predicted molar refractivity (Wildman–Crippen MR) is 110 cm³/mol. The van der Waals surface area contributed by atoms with Gasteiger partial charge in [0.05, 0.1) is 6.42 Å². The van der Waals surface area contributed by atoms with Crippen LogP contribution in [0.5, 0.6) is 0 Å². The van der Waals surface area contributed by atoms with Crippen LogP contribution < -0.4 is 11.1 Å². The summed E-state index contributed by atoms with van der Waals surface area (Å²) in [6, 6.07) is 16.5. The molecular formula is C21H24N2O4S. The lowest BCUT2D eigenvalue weighted by atomic mass is 10.1. The molecule has 2 aromatic rings. The third kappa shape index (κ3) is 7.94. The van der Waals surface area contributed by atoms with E-state index in [1.54, 1.807) is 12.1 Å². The third-order valence-corrected chi connectivity index (χ3v) is 4.83. The van der Waals surface area contributed by atoms with Crippen molar-refractivity contribution in [2.45, 2.75) is 25.2 Å². The Morgan fingerprint density at radius 3 is 2.32 bits per heavy atom. The fraction of sp³-hybridized carbons (Fsp3) is 0.286. The van der Waals surface area contributed by atoms with Crippen LogP contribution in [-0.2, 0) is 26.7 Å². The number of carbonyl (C=O) groups excluding carboxylic acids is 3. The highest BCUT2D eigenvalue weighted by molar-refractivity contribution is 8.12. The van der Waals surface area contributed by atoms with Gasteiger partial charge < -0.3 is 15.8 Å². The maximum atomic E-state index is 12.0. The number of rotatable bonds is 10. The number of ether oxygens (including phenoxy) is 1. The molecule has 0 bridgehead atoms. The molecule has 0 atom stereocenters. The molecule has 148 valence electrons. The van der Waals surface area contributed by atoms with Crippen LogP contribution in [0.3, 0.4) is 0 Å². The van der Waals surface area contributed by atoms with Gasteiger partial charge in [-0.2, -0.15) is 0 Å². The second-order valence-electron chi connectivity index (χ2n) is 6.05. The number of hydrogen-bond acceptors (Lipinski definition) is 6. The number of esters is 1. The first-order chi connectivity index (χ1) is 13.6. The van der Waals surface area contributed by atoms with E-state index in [9.17, 15) is 14.4 Å². The fourth-order valence-corrected chi connectivity index (χ4v) is 3.06. The van der Waals surface area contributed by atoms with Crippen molar-refractivity contribution in [1.29, 1.82) is 0 Å². The van der Waals surface area contributed by atoms with Gasteiger partial charge in [0.1, 0.15) is 6.61 Å². The van der Waals surface area contributed by atoms with Crippen molar-refractivity contribution in [3.8, 4) is 0 Å². The van der Waals surface area contributed by atoms with E-state index in [1.807, 2.05) is 42.5 Å². The molecule has 28 heavy (non-hydrogen) atoms. The van der Waals surface area contributed by atoms with E-state index >= 15 is 0 Å². The lowest BCUT2D eigenvalue weighted by Gasteiger charge is -2.06. The Balaban J connectivity index is 1.66. The third-order valence-electron chi connectivity index (χ3n) is 3.82. The number of nitrogens with two attached hydrogens (primary N) is 1. The standard InChI is InChI=1S/C21H24N2O4S/c22-12-13-23-21(26)18-8-6-17(7-9-18)15-28-20(25)11-10-19(24)27-14-16-4-2-1-3-5-16/h1-9H,10-15,22H2,(H,23,26). The van der Waals surface area contributed by atoms with Crippen molar-refractivity contribution < 1.29 is 19.1 Å². The molecule has 2 aromatic carbocycles. The second-order valence-corrected chi connectivity index (χ2v) is 7.08. The molecule has 0 unspecified atom stereocenters. The molecule has 0 saturated carbocycles. The monoisotopic (exact) mass is 400 g/mol. The summed E-state index contributed by atoms with van der Waals surface area (Å²) in [4.78, 5) is 35.5. The Morgan fingerprint density at radius 2 is 1.64 bits per heavy atom. The van der Waals surface area contributed by atoms with Crippen molar-refractivity contribution in [3.63, 3.8) is 0 Å². The maximum absolute atomic E-state index is 12.0. The van der Waals surface area contributed by atoms with E-state index in [2.05, 4.69) is 5.32 Å². The van der Waals surface area contributed by atoms with Gasteiger partial charge in [0.15, 0.2) is 5.12 Å².